The molecule has 110 valence electrons. The van der Waals surface area contributed by atoms with Crippen molar-refractivity contribution in [3.8, 4) is 11.5 Å². The minimum absolute atomic E-state index is 0.0639. The van der Waals surface area contributed by atoms with Gasteiger partial charge < -0.3 is 10.1 Å². The molecular weight excluding hydrogens is 292 g/mol. The van der Waals surface area contributed by atoms with E-state index in [-0.39, 0.29) is 11.4 Å². The number of rotatable bonds is 5. The van der Waals surface area contributed by atoms with Crippen molar-refractivity contribution in [2.75, 3.05) is 7.05 Å². The molecule has 0 aliphatic heterocycles. The molecule has 1 N–H and O–H groups in total. The Balaban J connectivity index is 2.42. The molecule has 0 saturated heterocycles. The molecule has 0 fully saturated rings. The highest BCUT2D eigenvalue weighted by molar-refractivity contribution is 6.30. The van der Waals surface area contributed by atoms with Gasteiger partial charge in [-0.15, -0.1) is 0 Å². The van der Waals surface area contributed by atoms with Crippen molar-refractivity contribution in [2.45, 2.75) is 13.5 Å². The van der Waals surface area contributed by atoms with E-state index in [0.717, 1.165) is 11.1 Å². The average Bonchev–Trinajstić information content (AvgIpc) is 2.42. The van der Waals surface area contributed by atoms with Crippen molar-refractivity contribution in [1.29, 1.82) is 0 Å². The predicted molar refractivity (Wildman–Crippen MR) is 82.1 cm³/mol. The normalized spacial score (nSPS) is 10.4. The molecule has 0 saturated carbocycles. The number of hydrogen-bond acceptors (Lipinski definition) is 4. The lowest BCUT2D eigenvalue weighted by Crippen LogP contribution is -2.06. The fraction of sp³-hybridized carbons (Fsp3) is 0.200. The van der Waals surface area contributed by atoms with Gasteiger partial charge in [0.05, 0.1) is 4.92 Å². The maximum atomic E-state index is 11.1. The van der Waals surface area contributed by atoms with Gasteiger partial charge in [0.2, 0.25) is 5.75 Å². The summed E-state index contributed by atoms with van der Waals surface area (Å²) < 4.78 is 5.75. The Bertz CT molecular complexity index is 674. The van der Waals surface area contributed by atoms with Gasteiger partial charge in [-0.1, -0.05) is 17.7 Å². The van der Waals surface area contributed by atoms with Crippen molar-refractivity contribution in [2.24, 2.45) is 0 Å². The molecule has 2 aromatic carbocycles. The molecule has 0 bridgehead atoms. The first-order chi connectivity index (χ1) is 10.0. The maximum absolute atomic E-state index is 11.1. The van der Waals surface area contributed by atoms with Crippen LogP contribution in [0.25, 0.3) is 0 Å². The lowest BCUT2D eigenvalue weighted by atomic mass is 10.2. The molecule has 0 atom stereocenters. The lowest BCUT2D eigenvalue weighted by Gasteiger charge is -2.12. The van der Waals surface area contributed by atoms with Crippen molar-refractivity contribution < 1.29 is 9.66 Å². The van der Waals surface area contributed by atoms with Gasteiger partial charge in [0.25, 0.3) is 0 Å². The van der Waals surface area contributed by atoms with E-state index < -0.39 is 4.92 Å². The molecule has 0 radical (unpaired) electrons. The molecule has 0 amide bonds. The minimum Gasteiger partial charge on any atom is -0.450 e. The number of nitro benzene ring substituents is 1. The fourth-order valence-corrected chi connectivity index (χ4v) is 2.14. The number of ether oxygens (including phenoxy) is 1. The number of hydrogen-bond donors (Lipinski definition) is 1. The van der Waals surface area contributed by atoms with Gasteiger partial charge in [-0.25, -0.2) is 0 Å². The average molecular weight is 307 g/mol. The molecule has 2 rings (SSSR count). The summed E-state index contributed by atoms with van der Waals surface area (Å²) >= 11 is 5.97. The Kier molecular flexibility index (Phi) is 4.77. The van der Waals surface area contributed by atoms with E-state index in [1.54, 1.807) is 37.4 Å². The van der Waals surface area contributed by atoms with Crippen LogP contribution < -0.4 is 10.1 Å². The summed E-state index contributed by atoms with van der Waals surface area (Å²) in [7, 11) is 1.81. The predicted octanol–water partition coefficient (Wildman–Crippen LogP) is 4.07. The third kappa shape index (κ3) is 3.71. The van der Waals surface area contributed by atoms with Crippen LogP contribution in [-0.2, 0) is 6.54 Å². The molecule has 6 heteroatoms. The first kappa shape index (κ1) is 15.3. The van der Waals surface area contributed by atoms with E-state index in [2.05, 4.69) is 5.32 Å². The van der Waals surface area contributed by atoms with Crippen LogP contribution in [-0.4, -0.2) is 12.0 Å². The van der Waals surface area contributed by atoms with Crippen LogP contribution in [0, 0.1) is 17.0 Å². The van der Waals surface area contributed by atoms with E-state index in [9.17, 15) is 10.1 Å². The van der Waals surface area contributed by atoms with Crippen LogP contribution in [0.3, 0.4) is 0 Å². The molecule has 0 aliphatic rings. The van der Waals surface area contributed by atoms with E-state index in [0.29, 0.717) is 17.3 Å². The largest absolute Gasteiger partial charge is 0.450 e. The van der Waals surface area contributed by atoms with Gasteiger partial charge in [0.15, 0.2) is 0 Å². The van der Waals surface area contributed by atoms with Crippen LogP contribution in [0.4, 0.5) is 5.69 Å². The molecule has 21 heavy (non-hydrogen) atoms. The summed E-state index contributed by atoms with van der Waals surface area (Å²) in [6.45, 7) is 2.41. The van der Waals surface area contributed by atoms with E-state index in [4.69, 9.17) is 16.3 Å². The zero-order chi connectivity index (χ0) is 15.4. The van der Waals surface area contributed by atoms with Crippen LogP contribution in [0.5, 0.6) is 11.5 Å². The van der Waals surface area contributed by atoms with Crippen LogP contribution >= 0.6 is 11.6 Å². The summed E-state index contributed by atoms with van der Waals surface area (Å²) in [6, 6.07) is 9.95. The summed E-state index contributed by atoms with van der Waals surface area (Å²) in [6.07, 6.45) is 0. The summed E-state index contributed by atoms with van der Waals surface area (Å²) in [4.78, 5) is 10.6. The third-order valence-corrected chi connectivity index (χ3v) is 3.16. The second kappa shape index (κ2) is 6.56. The first-order valence-electron chi connectivity index (χ1n) is 6.37. The molecule has 0 spiro atoms. The number of aryl methyl sites for hydroxylation is 1. The summed E-state index contributed by atoms with van der Waals surface area (Å²) in [5.74, 6) is 0.766. The van der Waals surface area contributed by atoms with Gasteiger partial charge in [-0.2, -0.15) is 0 Å². The number of halogens is 1. The SMILES string of the molecule is CNCc1cc(Cl)ccc1Oc1cc(C)ccc1[N+](=O)[O-]. The fourth-order valence-electron chi connectivity index (χ4n) is 1.95. The Morgan fingerprint density at radius 3 is 2.67 bits per heavy atom. The van der Waals surface area contributed by atoms with Crippen LogP contribution in [0.1, 0.15) is 11.1 Å². The molecule has 0 aromatic heterocycles. The van der Waals surface area contributed by atoms with Crippen molar-refractivity contribution >= 4 is 17.3 Å². The van der Waals surface area contributed by atoms with Gasteiger partial charge in [-0.05, 0) is 43.8 Å². The number of nitrogens with one attached hydrogen (secondary N) is 1. The molecule has 5 nitrogen and oxygen atoms in total. The van der Waals surface area contributed by atoms with E-state index in [1.165, 1.54) is 6.07 Å². The van der Waals surface area contributed by atoms with Crippen LogP contribution in [0.15, 0.2) is 36.4 Å². The minimum atomic E-state index is -0.456. The standard InChI is InChI=1S/C15H15ClN2O3/c1-10-3-5-13(18(19)20)15(7-10)21-14-6-4-12(16)8-11(14)9-17-2/h3-8,17H,9H2,1-2H3. The van der Waals surface area contributed by atoms with Crippen molar-refractivity contribution in [3.63, 3.8) is 0 Å². The zero-order valence-electron chi connectivity index (χ0n) is 11.7. The van der Waals surface area contributed by atoms with E-state index in [1.807, 2.05) is 6.92 Å². The van der Waals surface area contributed by atoms with Crippen molar-refractivity contribution in [3.05, 3.63) is 62.7 Å². The van der Waals surface area contributed by atoms with Gasteiger partial charge >= 0.3 is 5.69 Å². The molecular formula is C15H15ClN2O3. The van der Waals surface area contributed by atoms with Gasteiger partial charge in [0, 0.05) is 23.2 Å². The Morgan fingerprint density at radius 2 is 2.00 bits per heavy atom. The van der Waals surface area contributed by atoms with Gasteiger partial charge in [0.1, 0.15) is 5.75 Å². The molecule has 0 heterocycles. The van der Waals surface area contributed by atoms with Crippen molar-refractivity contribution in [1.82, 2.24) is 5.32 Å². The highest BCUT2D eigenvalue weighted by atomic mass is 35.5. The highest BCUT2D eigenvalue weighted by Crippen LogP contribution is 2.34. The number of nitrogens with zero attached hydrogens (tertiary/aromatic N) is 1. The second-order valence-electron chi connectivity index (χ2n) is 4.61. The summed E-state index contributed by atoms with van der Waals surface area (Å²) in [5, 5.41) is 14.7. The first-order valence-corrected chi connectivity index (χ1v) is 6.75. The Labute approximate surface area is 127 Å². The Morgan fingerprint density at radius 1 is 1.24 bits per heavy atom. The van der Waals surface area contributed by atoms with Gasteiger partial charge in [-0.3, -0.25) is 10.1 Å². The van der Waals surface area contributed by atoms with E-state index >= 15 is 0 Å². The number of nitro groups is 1. The smallest absolute Gasteiger partial charge is 0.311 e. The second-order valence-corrected chi connectivity index (χ2v) is 5.05. The molecule has 0 unspecified atom stereocenters. The lowest BCUT2D eigenvalue weighted by molar-refractivity contribution is -0.385. The summed E-state index contributed by atoms with van der Waals surface area (Å²) in [5.41, 5.74) is 1.66. The number of benzene rings is 2. The van der Waals surface area contributed by atoms with Crippen LogP contribution in [0.2, 0.25) is 5.02 Å². The maximum Gasteiger partial charge on any atom is 0.311 e. The monoisotopic (exact) mass is 306 g/mol. The quantitative estimate of drug-likeness (QED) is 0.668. The zero-order valence-corrected chi connectivity index (χ0v) is 12.5. The Hall–Kier alpha value is -2.11. The highest BCUT2D eigenvalue weighted by Gasteiger charge is 2.17. The topological polar surface area (TPSA) is 64.4 Å². The molecule has 0 aliphatic carbocycles. The molecule has 2 aromatic rings. The third-order valence-electron chi connectivity index (χ3n) is 2.92.